The molecule has 0 saturated heterocycles. The molecule has 1 aromatic heterocycles. The minimum Gasteiger partial charge on any atom is -0.367 e. The highest BCUT2D eigenvalue weighted by molar-refractivity contribution is 6.30. The molecule has 0 amide bonds. The molecule has 4 nitrogen and oxygen atoms in total. The Morgan fingerprint density at radius 3 is 2.32 bits per heavy atom. The number of hydrogen-bond donors (Lipinski definition) is 1. The van der Waals surface area contributed by atoms with Crippen LogP contribution in [0.25, 0.3) is 18.3 Å². The second kappa shape index (κ2) is 9.11. The molecule has 0 fully saturated rings. The van der Waals surface area contributed by atoms with Gasteiger partial charge in [0.1, 0.15) is 0 Å². The van der Waals surface area contributed by atoms with Crippen molar-refractivity contribution in [2.45, 2.75) is 13.5 Å². The zero-order chi connectivity index (χ0) is 21.8. The number of hydrogen-bond acceptors (Lipinski definition) is 2. The van der Waals surface area contributed by atoms with Gasteiger partial charge in [0.25, 0.3) is 5.56 Å². The van der Waals surface area contributed by atoms with Crippen LogP contribution in [0.5, 0.6) is 0 Å². The number of anilines is 1. The minimum atomic E-state index is -0.143. The molecule has 0 unspecified atom stereocenters. The first kappa shape index (κ1) is 20.8. The molecule has 4 aromatic rings. The first-order valence-electron chi connectivity index (χ1n) is 10.2. The molecule has 31 heavy (non-hydrogen) atoms. The van der Waals surface area contributed by atoms with Crippen molar-refractivity contribution in [2.24, 2.45) is 0 Å². The average Bonchev–Trinajstić information content (AvgIpc) is 3.07. The van der Waals surface area contributed by atoms with E-state index in [2.05, 4.69) is 59.9 Å². The van der Waals surface area contributed by atoms with Crippen molar-refractivity contribution in [3.8, 4) is 5.69 Å². The summed E-state index contributed by atoms with van der Waals surface area (Å²) < 4.78 is 1.48. The van der Waals surface area contributed by atoms with Gasteiger partial charge in [0.15, 0.2) is 0 Å². The van der Waals surface area contributed by atoms with E-state index in [0.29, 0.717) is 21.3 Å². The van der Waals surface area contributed by atoms with E-state index in [1.807, 2.05) is 24.3 Å². The molecule has 5 heteroatoms. The number of benzene rings is 3. The Morgan fingerprint density at radius 2 is 1.68 bits per heavy atom. The molecule has 0 aliphatic carbocycles. The molecule has 4 rings (SSSR count). The third-order valence-electron chi connectivity index (χ3n) is 5.26. The van der Waals surface area contributed by atoms with E-state index in [1.54, 1.807) is 24.3 Å². The number of halogens is 1. The van der Waals surface area contributed by atoms with E-state index < -0.39 is 0 Å². The van der Waals surface area contributed by atoms with E-state index in [0.717, 1.165) is 24.3 Å². The molecular weight excluding hydrogens is 406 g/mol. The summed E-state index contributed by atoms with van der Waals surface area (Å²) in [5.74, 6) is 0. The van der Waals surface area contributed by atoms with Crippen LogP contribution in [0.3, 0.4) is 0 Å². The van der Waals surface area contributed by atoms with Crippen LogP contribution in [0.1, 0.15) is 18.1 Å². The van der Waals surface area contributed by atoms with E-state index >= 15 is 0 Å². The fourth-order valence-electron chi connectivity index (χ4n) is 3.55. The first-order valence-corrected chi connectivity index (χ1v) is 10.6. The lowest BCUT2D eigenvalue weighted by Gasteiger charge is -2.23. The molecule has 0 aliphatic rings. The summed E-state index contributed by atoms with van der Waals surface area (Å²) in [6.45, 7) is 7.92. The Balaban J connectivity index is 1.62. The molecule has 0 bridgehead atoms. The number of nitrogens with zero attached hydrogens (tertiary/aromatic N) is 2. The van der Waals surface area contributed by atoms with E-state index in [4.69, 9.17) is 11.6 Å². The second-order valence-electron chi connectivity index (χ2n) is 7.36. The summed E-state index contributed by atoms with van der Waals surface area (Å²) in [7, 11) is 0. The first-order chi connectivity index (χ1) is 15.0. The van der Waals surface area contributed by atoms with Gasteiger partial charge in [0.2, 0.25) is 0 Å². The van der Waals surface area contributed by atoms with Gasteiger partial charge < -0.3 is 4.90 Å². The fraction of sp³-hybridized carbons (Fsp3) is 0.115. The van der Waals surface area contributed by atoms with Crippen molar-refractivity contribution in [3.05, 3.63) is 116 Å². The number of rotatable bonds is 6. The van der Waals surface area contributed by atoms with Gasteiger partial charge in [-0.15, -0.1) is 0 Å². The largest absolute Gasteiger partial charge is 0.367 e. The summed E-state index contributed by atoms with van der Waals surface area (Å²) >= 11 is 5.95. The highest BCUT2D eigenvalue weighted by Crippen LogP contribution is 2.18. The summed E-state index contributed by atoms with van der Waals surface area (Å²) in [4.78, 5) is 15.2. The Morgan fingerprint density at radius 1 is 1.00 bits per heavy atom. The highest BCUT2D eigenvalue weighted by atomic mass is 35.5. The quantitative estimate of drug-likeness (QED) is 0.501. The summed E-state index contributed by atoms with van der Waals surface area (Å²) in [6.07, 6.45) is 1.87. The molecule has 1 N–H and O–H groups in total. The van der Waals surface area contributed by atoms with Gasteiger partial charge in [-0.1, -0.05) is 60.6 Å². The van der Waals surface area contributed by atoms with Crippen LogP contribution in [0, 0.1) is 0 Å². The molecular formula is C26H24ClN3O. The number of H-pyrrole nitrogens is 1. The van der Waals surface area contributed by atoms with Crippen LogP contribution < -0.4 is 21.0 Å². The molecule has 0 atom stereocenters. The topological polar surface area (TPSA) is 41.0 Å². The van der Waals surface area contributed by atoms with Crippen molar-refractivity contribution in [2.75, 3.05) is 11.4 Å². The van der Waals surface area contributed by atoms with Gasteiger partial charge in [-0.25, -0.2) is 4.68 Å². The van der Waals surface area contributed by atoms with E-state index in [9.17, 15) is 4.79 Å². The third kappa shape index (κ3) is 4.65. The second-order valence-corrected chi connectivity index (χ2v) is 7.79. The Labute approximate surface area is 186 Å². The van der Waals surface area contributed by atoms with Gasteiger partial charge in [-0.2, -0.15) is 0 Å². The van der Waals surface area contributed by atoms with Gasteiger partial charge in [-0.3, -0.25) is 9.89 Å². The third-order valence-corrected chi connectivity index (χ3v) is 5.51. The molecule has 0 aliphatic heterocycles. The van der Waals surface area contributed by atoms with E-state index in [-0.39, 0.29) is 5.56 Å². The van der Waals surface area contributed by atoms with Crippen LogP contribution in [0.15, 0.2) is 83.7 Å². The normalized spacial score (nSPS) is 11.6. The van der Waals surface area contributed by atoms with Crippen molar-refractivity contribution >= 4 is 29.9 Å². The van der Waals surface area contributed by atoms with Crippen LogP contribution in [-0.4, -0.2) is 16.3 Å². The lowest BCUT2D eigenvalue weighted by molar-refractivity contribution is 0.832. The van der Waals surface area contributed by atoms with Crippen LogP contribution in [-0.2, 0) is 6.54 Å². The lowest BCUT2D eigenvalue weighted by Crippen LogP contribution is -2.33. The van der Waals surface area contributed by atoms with Crippen LogP contribution in [0.4, 0.5) is 5.69 Å². The molecule has 0 spiro atoms. The molecule has 0 saturated carbocycles. The highest BCUT2D eigenvalue weighted by Gasteiger charge is 2.07. The zero-order valence-corrected chi connectivity index (χ0v) is 18.1. The smallest absolute Gasteiger partial charge is 0.279 e. The predicted molar refractivity (Wildman–Crippen MR) is 129 cm³/mol. The lowest BCUT2D eigenvalue weighted by atomic mass is 10.1. The zero-order valence-electron chi connectivity index (χ0n) is 17.4. The van der Waals surface area contributed by atoms with Gasteiger partial charge in [0.05, 0.1) is 16.3 Å². The van der Waals surface area contributed by atoms with E-state index in [1.165, 1.54) is 10.2 Å². The number of nitrogens with one attached hydrogen (secondary N) is 1. The van der Waals surface area contributed by atoms with Crippen LogP contribution >= 0.6 is 11.6 Å². The van der Waals surface area contributed by atoms with Gasteiger partial charge in [-0.05, 0) is 60.5 Å². The predicted octanol–water partition coefficient (Wildman–Crippen LogP) is 4.08. The Bertz CT molecular complexity index is 1320. The molecule has 156 valence electrons. The minimum absolute atomic E-state index is 0.143. The SMILES string of the molecule is C=c1[nH]n(-c2ccc(Cl)cc2)c(=O)/c1=C\c1ccc(N(CC)Cc2ccccc2)cc1. The van der Waals surface area contributed by atoms with Crippen LogP contribution in [0.2, 0.25) is 5.02 Å². The van der Waals surface area contributed by atoms with Gasteiger partial charge >= 0.3 is 0 Å². The summed E-state index contributed by atoms with van der Waals surface area (Å²) in [6, 6.07) is 25.8. The van der Waals surface area contributed by atoms with Gasteiger partial charge in [0, 0.05) is 23.8 Å². The molecule has 0 radical (unpaired) electrons. The Hall–Kier alpha value is -3.50. The number of aromatic amines is 1. The standard InChI is InChI=1S/C26H24ClN3O/c1-3-29(18-21-7-5-4-6-8-21)23-13-9-20(10-14-23)17-25-19(2)28-30(26(25)31)24-15-11-22(27)12-16-24/h4-17,28H,2-3,18H2,1H3/b25-17-. The maximum absolute atomic E-state index is 12.9. The summed E-state index contributed by atoms with van der Waals surface area (Å²) in [5.41, 5.74) is 3.94. The summed E-state index contributed by atoms with van der Waals surface area (Å²) in [5, 5.41) is 4.78. The molecule has 3 aromatic carbocycles. The maximum Gasteiger partial charge on any atom is 0.279 e. The Kier molecular flexibility index (Phi) is 6.10. The number of aromatic nitrogens is 2. The maximum atomic E-state index is 12.9. The van der Waals surface area contributed by atoms with Crippen molar-refractivity contribution in [3.63, 3.8) is 0 Å². The van der Waals surface area contributed by atoms with Crippen molar-refractivity contribution in [1.29, 1.82) is 0 Å². The molecule has 1 heterocycles. The monoisotopic (exact) mass is 429 g/mol. The van der Waals surface area contributed by atoms with Crippen molar-refractivity contribution < 1.29 is 0 Å². The average molecular weight is 430 g/mol. The van der Waals surface area contributed by atoms with Crippen molar-refractivity contribution in [1.82, 2.24) is 9.78 Å². The fourth-order valence-corrected chi connectivity index (χ4v) is 3.68.